The van der Waals surface area contributed by atoms with E-state index in [0.29, 0.717) is 23.9 Å². The van der Waals surface area contributed by atoms with Crippen LogP contribution in [0.2, 0.25) is 5.02 Å². The number of carbonyl (C=O) groups is 2. The van der Waals surface area contributed by atoms with Gasteiger partial charge in [0.05, 0.1) is 13.7 Å². The van der Waals surface area contributed by atoms with E-state index in [2.05, 4.69) is 4.99 Å². The van der Waals surface area contributed by atoms with Crippen LogP contribution in [0.25, 0.3) is 0 Å². The lowest BCUT2D eigenvalue weighted by atomic mass is 10.2. The van der Waals surface area contributed by atoms with Gasteiger partial charge in [0, 0.05) is 18.6 Å². The van der Waals surface area contributed by atoms with E-state index >= 15 is 0 Å². The van der Waals surface area contributed by atoms with E-state index in [1.807, 2.05) is 27.0 Å². The van der Waals surface area contributed by atoms with Gasteiger partial charge in [-0.15, -0.1) is 11.8 Å². The molecule has 0 N–H and O–H groups in total. The van der Waals surface area contributed by atoms with Crippen molar-refractivity contribution in [3.05, 3.63) is 28.8 Å². The molecule has 156 valence electrons. The minimum absolute atomic E-state index is 0.183. The zero-order valence-electron chi connectivity index (χ0n) is 17.1. The number of nitrogens with zero attached hydrogens (tertiary/aromatic N) is 2. The van der Waals surface area contributed by atoms with Gasteiger partial charge in [-0.3, -0.25) is 4.99 Å². The van der Waals surface area contributed by atoms with E-state index in [4.69, 9.17) is 25.8 Å². The number of halogens is 1. The molecule has 0 saturated carbocycles. The number of likely N-dealkylation sites (N-methyl/N-ethyl adjacent to an activating group) is 1. The number of methoxy groups -OCH3 is 1. The first-order valence-corrected chi connectivity index (χ1v) is 10.2. The van der Waals surface area contributed by atoms with E-state index < -0.39 is 17.7 Å². The van der Waals surface area contributed by atoms with Gasteiger partial charge in [-0.2, -0.15) is 0 Å². The van der Waals surface area contributed by atoms with Crippen LogP contribution >= 0.6 is 23.4 Å². The number of hydrogen-bond acceptors (Lipinski definition) is 7. The lowest BCUT2D eigenvalue weighted by Gasteiger charge is -2.24. The summed E-state index contributed by atoms with van der Waals surface area (Å²) in [4.78, 5) is 29.7. The topological polar surface area (TPSA) is 77.4 Å². The molecule has 0 aromatic heterocycles. The van der Waals surface area contributed by atoms with Crippen LogP contribution in [-0.4, -0.2) is 67.7 Å². The SMILES string of the molecule is COC(=O)c1cc(Cl)ccc1OCC(=NCCN(C)C(=O)OC(C)(C)C)SC. The van der Waals surface area contributed by atoms with Crippen LogP contribution in [0.15, 0.2) is 23.2 Å². The molecular weight excluding hydrogens is 404 g/mol. The molecule has 0 atom stereocenters. The van der Waals surface area contributed by atoms with Gasteiger partial charge in [0.2, 0.25) is 0 Å². The molecule has 0 saturated heterocycles. The molecule has 0 heterocycles. The third-order valence-electron chi connectivity index (χ3n) is 3.36. The Hall–Kier alpha value is -1.93. The lowest BCUT2D eigenvalue weighted by Crippen LogP contribution is -2.35. The summed E-state index contributed by atoms with van der Waals surface area (Å²) in [7, 11) is 2.96. The third kappa shape index (κ3) is 8.39. The second-order valence-corrected chi connectivity index (χ2v) is 8.12. The van der Waals surface area contributed by atoms with Gasteiger partial charge in [-0.1, -0.05) is 11.6 Å². The smallest absolute Gasteiger partial charge is 0.410 e. The van der Waals surface area contributed by atoms with Gasteiger partial charge < -0.3 is 19.1 Å². The molecule has 0 aliphatic rings. The van der Waals surface area contributed by atoms with Crippen molar-refractivity contribution in [3.8, 4) is 5.75 Å². The summed E-state index contributed by atoms with van der Waals surface area (Å²) >= 11 is 7.37. The minimum Gasteiger partial charge on any atom is -0.486 e. The summed E-state index contributed by atoms with van der Waals surface area (Å²) in [5, 5.41) is 1.14. The Morgan fingerprint density at radius 1 is 1.29 bits per heavy atom. The third-order valence-corrected chi connectivity index (χ3v) is 4.32. The highest BCUT2D eigenvalue weighted by Crippen LogP contribution is 2.24. The Kier molecular flexibility index (Phi) is 9.61. The largest absolute Gasteiger partial charge is 0.486 e. The molecule has 1 aromatic rings. The summed E-state index contributed by atoms with van der Waals surface area (Å²) in [6.07, 6.45) is 1.48. The van der Waals surface area contributed by atoms with Crippen LogP contribution in [0.4, 0.5) is 4.79 Å². The van der Waals surface area contributed by atoms with Crippen LogP contribution in [0.1, 0.15) is 31.1 Å². The minimum atomic E-state index is -0.539. The molecular formula is C19H27ClN2O5S. The van der Waals surface area contributed by atoms with Crippen molar-refractivity contribution < 1.29 is 23.8 Å². The monoisotopic (exact) mass is 430 g/mol. The standard InChI is InChI=1S/C19H27ClN2O5S/c1-19(2,3)27-18(24)22(4)10-9-21-16(28-6)12-26-15-8-7-13(20)11-14(15)17(23)25-5/h7-8,11H,9-10,12H2,1-6H3. The molecule has 0 bridgehead atoms. The van der Waals surface area contributed by atoms with Gasteiger partial charge in [0.1, 0.15) is 28.6 Å². The number of rotatable bonds is 7. The fourth-order valence-electron chi connectivity index (χ4n) is 1.96. The van der Waals surface area contributed by atoms with Gasteiger partial charge in [-0.25, -0.2) is 9.59 Å². The summed E-state index contributed by atoms with van der Waals surface area (Å²) in [5.41, 5.74) is -0.289. The van der Waals surface area contributed by atoms with Gasteiger partial charge in [0.15, 0.2) is 0 Å². The Balaban J connectivity index is 2.66. The van der Waals surface area contributed by atoms with E-state index in [0.717, 1.165) is 5.04 Å². The van der Waals surface area contributed by atoms with Crippen molar-refractivity contribution in [2.45, 2.75) is 26.4 Å². The van der Waals surface area contributed by atoms with Crippen molar-refractivity contribution in [1.29, 1.82) is 0 Å². The molecule has 0 aliphatic heterocycles. The molecule has 0 radical (unpaired) electrons. The fraction of sp³-hybridized carbons (Fsp3) is 0.526. The van der Waals surface area contributed by atoms with Gasteiger partial charge >= 0.3 is 12.1 Å². The van der Waals surface area contributed by atoms with E-state index in [-0.39, 0.29) is 12.2 Å². The van der Waals surface area contributed by atoms with Crippen molar-refractivity contribution >= 4 is 40.5 Å². The van der Waals surface area contributed by atoms with Crippen molar-refractivity contribution in [1.82, 2.24) is 4.90 Å². The van der Waals surface area contributed by atoms with Gasteiger partial charge in [-0.05, 0) is 45.2 Å². The second kappa shape index (κ2) is 11.2. The molecule has 1 aromatic carbocycles. The summed E-state index contributed by atoms with van der Waals surface area (Å²) < 4.78 is 15.8. The average Bonchev–Trinajstić information content (AvgIpc) is 2.62. The highest BCUT2D eigenvalue weighted by molar-refractivity contribution is 8.13. The Morgan fingerprint density at radius 2 is 1.96 bits per heavy atom. The second-order valence-electron chi connectivity index (χ2n) is 6.80. The Morgan fingerprint density at radius 3 is 2.54 bits per heavy atom. The van der Waals surface area contributed by atoms with Crippen molar-refractivity contribution in [2.24, 2.45) is 4.99 Å². The average molecular weight is 431 g/mol. The maximum absolute atomic E-state index is 11.9. The highest BCUT2D eigenvalue weighted by Gasteiger charge is 2.19. The Bertz CT molecular complexity index is 719. The van der Waals surface area contributed by atoms with Crippen LogP contribution in [0.3, 0.4) is 0 Å². The molecule has 28 heavy (non-hydrogen) atoms. The molecule has 1 rings (SSSR count). The normalized spacial score (nSPS) is 11.8. The zero-order valence-corrected chi connectivity index (χ0v) is 18.6. The maximum Gasteiger partial charge on any atom is 0.410 e. The first-order chi connectivity index (χ1) is 13.1. The predicted molar refractivity (Wildman–Crippen MR) is 113 cm³/mol. The van der Waals surface area contributed by atoms with Crippen LogP contribution in [0, 0.1) is 0 Å². The number of benzene rings is 1. The van der Waals surface area contributed by atoms with Crippen LogP contribution < -0.4 is 4.74 Å². The number of aliphatic imine (C=N–C) groups is 1. The Labute approximate surface area is 175 Å². The summed E-state index contributed by atoms with van der Waals surface area (Å²) in [6, 6.07) is 4.74. The van der Waals surface area contributed by atoms with Gasteiger partial charge in [0.25, 0.3) is 0 Å². The maximum atomic E-state index is 11.9. The van der Waals surface area contributed by atoms with Crippen LogP contribution in [0.5, 0.6) is 5.75 Å². The number of ether oxygens (including phenoxy) is 3. The van der Waals surface area contributed by atoms with E-state index in [1.54, 1.807) is 19.2 Å². The number of thioether (sulfide) groups is 1. The van der Waals surface area contributed by atoms with E-state index in [1.165, 1.54) is 29.8 Å². The zero-order chi connectivity index (χ0) is 21.3. The molecule has 0 fully saturated rings. The highest BCUT2D eigenvalue weighted by atomic mass is 35.5. The van der Waals surface area contributed by atoms with Crippen molar-refractivity contribution in [2.75, 3.05) is 40.1 Å². The molecule has 9 heteroatoms. The quantitative estimate of drug-likeness (QED) is 0.367. The first kappa shape index (κ1) is 24.1. The lowest BCUT2D eigenvalue weighted by molar-refractivity contribution is 0.0304. The molecule has 0 unspecified atom stereocenters. The van der Waals surface area contributed by atoms with Crippen LogP contribution in [-0.2, 0) is 9.47 Å². The molecule has 7 nitrogen and oxygen atoms in total. The fourth-order valence-corrected chi connectivity index (χ4v) is 2.53. The number of esters is 1. The summed E-state index contributed by atoms with van der Waals surface area (Å²) in [6.45, 7) is 6.45. The van der Waals surface area contributed by atoms with Crippen molar-refractivity contribution in [3.63, 3.8) is 0 Å². The number of carbonyl (C=O) groups excluding carboxylic acids is 2. The first-order valence-electron chi connectivity index (χ1n) is 8.59. The molecule has 0 aliphatic carbocycles. The number of amides is 1. The molecule has 1 amide bonds. The van der Waals surface area contributed by atoms with E-state index in [9.17, 15) is 9.59 Å². The predicted octanol–water partition coefficient (Wildman–Crippen LogP) is 4.13. The molecule has 0 spiro atoms. The number of hydrogen-bond donors (Lipinski definition) is 0. The summed E-state index contributed by atoms with van der Waals surface area (Å²) in [5.74, 6) is -0.164.